The van der Waals surface area contributed by atoms with E-state index in [9.17, 15) is 0 Å². The van der Waals surface area contributed by atoms with Crippen LogP contribution in [0.25, 0.3) is 98.9 Å². The van der Waals surface area contributed by atoms with E-state index in [1.807, 2.05) is 0 Å². The second-order valence-corrected chi connectivity index (χ2v) is 12.6. The summed E-state index contributed by atoms with van der Waals surface area (Å²) in [5.41, 5.74) is 14.6. The Labute approximate surface area is 261 Å². The second-order valence-electron chi connectivity index (χ2n) is 12.6. The van der Waals surface area contributed by atoms with Gasteiger partial charge in [0.15, 0.2) is 0 Å². The largest absolute Gasteiger partial charge is 0.309 e. The molecule has 0 atom stereocenters. The van der Waals surface area contributed by atoms with Crippen molar-refractivity contribution in [2.45, 2.75) is 0 Å². The lowest BCUT2D eigenvalue weighted by molar-refractivity contribution is 1.09. The Morgan fingerprint density at radius 3 is 1.13 bits per heavy atom. The van der Waals surface area contributed by atoms with Crippen LogP contribution < -0.4 is 0 Å². The molecule has 0 saturated carbocycles. The minimum atomic E-state index is 1.15. The topological polar surface area (TPSA) is 18.7 Å². The minimum absolute atomic E-state index is 1.15. The Kier molecular flexibility index (Phi) is 3.96. The molecule has 0 unspecified atom stereocenters. The molecule has 0 fully saturated rings. The SMILES string of the molecule is c1ccc2c(c1)c1ccccc1n2-c1cc2c3c(c1)n1c4ccccc4c4cccc(c41)n-3c1cccc3c4ccccc4n2c31. The lowest BCUT2D eigenvalue weighted by atomic mass is 10.1. The average molecular weight is 585 g/mol. The lowest BCUT2D eigenvalue weighted by Gasteiger charge is -2.25. The van der Waals surface area contributed by atoms with Gasteiger partial charge in [-0.15, -0.1) is 0 Å². The monoisotopic (exact) mass is 584 g/mol. The molecule has 0 N–H and O–H groups in total. The van der Waals surface area contributed by atoms with Crippen LogP contribution in [0.15, 0.2) is 146 Å². The molecule has 0 bridgehead atoms. The number of benzene rings is 7. The summed E-state index contributed by atoms with van der Waals surface area (Å²) in [7, 11) is 0. The maximum Gasteiger partial charge on any atom is 0.0949 e. The fourth-order valence-electron chi connectivity index (χ4n) is 8.72. The van der Waals surface area contributed by atoms with Gasteiger partial charge in [0.05, 0.1) is 66.5 Å². The first-order valence-corrected chi connectivity index (χ1v) is 15.9. The summed E-state index contributed by atoms with van der Waals surface area (Å²) in [5, 5.41) is 7.65. The van der Waals surface area contributed by atoms with Crippen LogP contribution in [0.4, 0.5) is 0 Å². The van der Waals surface area contributed by atoms with Gasteiger partial charge in [-0.1, -0.05) is 97.1 Å². The molecule has 46 heavy (non-hydrogen) atoms. The van der Waals surface area contributed by atoms with E-state index in [0.717, 1.165) is 5.69 Å². The third kappa shape index (κ3) is 2.54. The van der Waals surface area contributed by atoms with Crippen molar-refractivity contribution in [3.8, 4) is 11.4 Å². The first kappa shape index (κ1) is 23.2. The van der Waals surface area contributed by atoms with Crippen LogP contribution >= 0.6 is 0 Å². The van der Waals surface area contributed by atoms with Gasteiger partial charge in [0.1, 0.15) is 0 Å². The number of hydrogen-bond donors (Lipinski definition) is 0. The molecule has 0 spiro atoms. The van der Waals surface area contributed by atoms with Crippen molar-refractivity contribution in [3.63, 3.8) is 0 Å². The molecule has 0 saturated heterocycles. The summed E-state index contributed by atoms with van der Waals surface area (Å²) in [4.78, 5) is 0. The second kappa shape index (κ2) is 7.87. The van der Waals surface area contributed by atoms with E-state index >= 15 is 0 Å². The van der Waals surface area contributed by atoms with Crippen molar-refractivity contribution >= 4 is 87.5 Å². The molecular formula is C42H24N4. The quantitative estimate of drug-likeness (QED) is 0.135. The van der Waals surface area contributed by atoms with Crippen LogP contribution in [0.1, 0.15) is 0 Å². The van der Waals surface area contributed by atoms with E-state index in [-0.39, 0.29) is 0 Å². The van der Waals surface area contributed by atoms with E-state index in [1.54, 1.807) is 0 Å². The Balaban J connectivity index is 1.45. The highest BCUT2D eigenvalue weighted by Crippen LogP contribution is 2.45. The number of rotatable bonds is 1. The average Bonchev–Trinajstić information content (AvgIpc) is 3.76. The van der Waals surface area contributed by atoms with Crippen molar-refractivity contribution in [2.24, 2.45) is 0 Å². The van der Waals surface area contributed by atoms with Gasteiger partial charge in [-0.2, -0.15) is 0 Å². The fraction of sp³-hybridized carbons (Fsp3) is 0. The first-order valence-electron chi connectivity index (χ1n) is 15.9. The maximum atomic E-state index is 2.53. The van der Waals surface area contributed by atoms with Crippen molar-refractivity contribution in [3.05, 3.63) is 146 Å². The number of fused-ring (bicyclic) bond motifs is 13. The highest BCUT2D eigenvalue weighted by molar-refractivity contribution is 6.20. The summed E-state index contributed by atoms with van der Waals surface area (Å²) in [6.45, 7) is 0. The summed E-state index contributed by atoms with van der Waals surface area (Å²) < 4.78 is 10.0. The van der Waals surface area contributed by atoms with E-state index in [0.29, 0.717) is 0 Å². The van der Waals surface area contributed by atoms with Crippen molar-refractivity contribution in [1.82, 2.24) is 17.9 Å². The molecule has 7 aromatic carbocycles. The molecule has 0 radical (unpaired) electrons. The van der Waals surface area contributed by atoms with Crippen LogP contribution in [-0.2, 0) is 0 Å². The Hall–Kier alpha value is -6.26. The van der Waals surface area contributed by atoms with Crippen LogP contribution in [0.2, 0.25) is 0 Å². The fourth-order valence-corrected chi connectivity index (χ4v) is 8.72. The number of para-hydroxylation sites is 6. The van der Waals surface area contributed by atoms with Gasteiger partial charge in [0.25, 0.3) is 0 Å². The van der Waals surface area contributed by atoms with E-state index in [4.69, 9.17) is 0 Å². The third-order valence-electron chi connectivity index (χ3n) is 10.4. The molecule has 212 valence electrons. The van der Waals surface area contributed by atoms with Gasteiger partial charge in [-0.3, -0.25) is 0 Å². The number of hydrogen-bond acceptors (Lipinski definition) is 0. The standard InChI is InChI=1S/C42H24N4/c1-5-17-32-26(11-1)27-12-2-6-18-33(27)43(32)25-23-38-42-39(24-25)45-35-20-8-4-14-29(35)31-16-10-22-37(41(31)45)46(42)36-21-9-15-30-28-13-3-7-19-34(28)44(38)40(30)36/h1-24H. The third-order valence-corrected chi connectivity index (χ3v) is 10.4. The molecule has 4 nitrogen and oxygen atoms in total. The minimum Gasteiger partial charge on any atom is -0.309 e. The van der Waals surface area contributed by atoms with E-state index in [1.165, 1.54) is 93.2 Å². The Morgan fingerprint density at radius 1 is 0.283 bits per heavy atom. The lowest BCUT2D eigenvalue weighted by Crippen LogP contribution is -2.12. The molecule has 4 heteroatoms. The molecule has 5 heterocycles. The van der Waals surface area contributed by atoms with E-state index in [2.05, 4.69) is 164 Å². The number of nitrogens with zero attached hydrogens (tertiary/aromatic N) is 4. The van der Waals surface area contributed by atoms with Gasteiger partial charge in [-0.25, -0.2) is 0 Å². The smallest absolute Gasteiger partial charge is 0.0949 e. The van der Waals surface area contributed by atoms with E-state index < -0.39 is 0 Å². The summed E-state index contributed by atoms with van der Waals surface area (Å²) in [6, 6.07) is 53.7. The number of aromatic nitrogens is 4. The van der Waals surface area contributed by atoms with Crippen LogP contribution in [0.3, 0.4) is 0 Å². The van der Waals surface area contributed by atoms with Gasteiger partial charge in [0.2, 0.25) is 0 Å². The predicted molar refractivity (Wildman–Crippen MR) is 192 cm³/mol. The van der Waals surface area contributed by atoms with Crippen LogP contribution in [0.5, 0.6) is 0 Å². The van der Waals surface area contributed by atoms with Gasteiger partial charge in [-0.05, 0) is 48.5 Å². The summed E-state index contributed by atoms with van der Waals surface area (Å²) in [5.74, 6) is 0. The summed E-state index contributed by atoms with van der Waals surface area (Å²) >= 11 is 0. The Bertz CT molecular complexity index is 2990. The molecule has 2 aliphatic rings. The zero-order valence-electron chi connectivity index (χ0n) is 24.6. The maximum absolute atomic E-state index is 2.53. The van der Waals surface area contributed by atoms with Crippen molar-refractivity contribution in [2.75, 3.05) is 0 Å². The highest BCUT2D eigenvalue weighted by Gasteiger charge is 2.27. The van der Waals surface area contributed by atoms with Gasteiger partial charge in [0, 0.05) is 32.3 Å². The van der Waals surface area contributed by atoms with Gasteiger partial charge >= 0.3 is 0 Å². The molecule has 10 aromatic rings. The molecule has 3 aromatic heterocycles. The van der Waals surface area contributed by atoms with Crippen LogP contribution in [0, 0.1) is 0 Å². The zero-order valence-corrected chi connectivity index (χ0v) is 24.6. The van der Waals surface area contributed by atoms with Crippen molar-refractivity contribution < 1.29 is 0 Å². The summed E-state index contributed by atoms with van der Waals surface area (Å²) in [6.07, 6.45) is 0. The molecule has 0 amide bonds. The Morgan fingerprint density at radius 2 is 0.652 bits per heavy atom. The predicted octanol–water partition coefficient (Wildman–Crippen LogP) is 10.7. The van der Waals surface area contributed by atoms with Crippen molar-refractivity contribution in [1.29, 1.82) is 0 Å². The van der Waals surface area contributed by atoms with Crippen LogP contribution in [-0.4, -0.2) is 17.9 Å². The molecule has 0 aliphatic carbocycles. The van der Waals surface area contributed by atoms with Gasteiger partial charge < -0.3 is 17.9 Å². The molecular weight excluding hydrogens is 560 g/mol. The molecule has 12 rings (SSSR count). The zero-order chi connectivity index (χ0) is 29.7. The molecule has 2 aliphatic heterocycles. The highest BCUT2D eigenvalue weighted by atomic mass is 15.1. The first-order chi connectivity index (χ1) is 22.9. The normalized spacial score (nSPS) is 12.8.